The average Bonchev–Trinajstić information content (AvgIpc) is 3.25. The van der Waals surface area contributed by atoms with Crippen LogP contribution < -0.4 is 15.3 Å². The van der Waals surface area contributed by atoms with Gasteiger partial charge in [0.15, 0.2) is 12.1 Å². The third-order valence-electron chi connectivity index (χ3n) is 11.4. The molecule has 0 spiro atoms. The normalized spacial score (nSPS) is 23.8. The number of hydrogen-bond acceptors (Lipinski definition) is 17. The van der Waals surface area contributed by atoms with Crippen molar-refractivity contribution in [1.82, 2.24) is 4.83 Å². The van der Waals surface area contributed by atoms with Crippen LogP contribution in [0.25, 0.3) is 10.8 Å². The van der Waals surface area contributed by atoms with E-state index in [-0.39, 0.29) is 50.8 Å². The summed E-state index contributed by atoms with van der Waals surface area (Å²) < 4.78 is 45.4. The second-order valence-electron chi connectivity index (χ2n) is 15.3. The summed E-state index contributed by atoms with van der Waals surface area (Å²) in [4.78, 5) is 29.8. The SMILES string of the molecule is COc1cccc2c1C(=O)c1c(O)c3c(c(O)c1C2=O)C[C@](O)(/C(CO)=N\NS(=O)(=O)c1cc(N=Nc2ccccc2)c2cc(O)ccc2c1)C[C@@H]3O[C@H]1C[C@@H](N)[C@H](O)C(C)O1. The summed E-state index contributed by atoms with van der Waals surface area (Å²) in [6, 6.07) is 18.8. The number of rotatable bonds is 10. The van der Waals surface area contributed by atoms with E-state index in [2.05, 4.69) is 20.2 Å². The topological polar surface area (TPSA) is 292 Å². The van der Waals surface area contributed by atoms with Crippen molar-refractivity contribution in [2.24, 2.45) is 21.1 Å². The van der Waals surface area contributed by atoms with Crippen LogP contribution in [0.2, 0.25) is 0 Å². The zero-order valence-corrected chi connectivity index (χ0v) is 33.9. The van der Waals surface area contributed by atoms with Gasteiger partial charge in [0.1, 0.15) is 28.6 Å². The van der Waals surface area contributed by atoms with E-state index in [0.29, 0.717) is 16.5 Å². The lowest BCUT2D eigenvalue weighted by molar-refractivity contribution is -0.245. The molecular formula is C43H41N5O13S. The van der Waals surface area contributed by atoms with E-state index in [0.717, 1.165) is 0 Å². The number of benzene rings is 5. The standard InChI is InChI=1S/C43H41N5O13S/c1-20-38(51)28(44)16-33(60-20)61-31-18-43(56,17-27-35(31)42(55)37-36(40(27)53)39(52)25-9-6-10-30(59-2)34(25)41(37)54)32(19-49)47-48-62(57,58)24-13-21-11-12-23(50)14-26(21)29(15-24)46-45-22-7-4-3-5-8-22/h3-15,20,28,31,33,38,48-51,53,55-56H,16-19,44H2,1-2H3/b46-45?,47-32-/t20?,28-,31+,33+,38-,43-/m1/s1. The maximum Gasteiger partial charge on any atom is 0.276 e. The van der Waals surface area contributed by atoms with Gasteiger partial charge in [0.25, 0.3) is 10.0 Å². The number of ether oxygens (including phenoxy) is 3. The molecule has 62 heavy (non-hydrogen) atoms. The Morgan fingerprint density at radius 2 is 1.69 bits per heavy atom. The van der Waals surface area contributed by atoms with Crippen molar-refractivity contribution in [3.8, 4) is 23.0 Å². The Bertz CT molecular complexity index is 2810. The molecule has 3 aliphatic rings. The highest BCUT2D eigenvalue weighted by Crippen LogP contribution is 2.53. The minimum Gasteiger partial charge on any atom is -0.508 e. The van der Waals surface area contributed by atoms with Gasteiger partial charge in [-0.25, -0.2) is 0 Å². The van der Waals surface area contributed by atoms with E-state index in [9.17, 15) is 48.6 Å². The number of aliphatic hydroxyl groups excluding tert-OH is 2. The van der Waals surface area contributed by atoms with Crippen LogP contribution in [0.3, 0.4) is 0 Å². The highest BCUT2D eigenvalue weighted by Gasteiger charge is 2.49. The van der Waals surface area contributed by atoms with Gasteiger partial charge in [-0.3, -0.25) is 9.59 Å². The number of phenolic OH excluding ortho intramolecular Hbond substituents is 3. The van der Waals surface area contributed by atoms with Crippen molar-refractivity contribution >= 4 is 49.4 Å². The maximum absolute atomic E-state index is 14.1. The fourth-order valence-electron chi connectivity index (χ4n) is 8.21. The van der Waals surface area contributed by atoms with Gasteiger partial charge in [-0.15, -0.1) is 5.11 Å². The molecule has 0 bridgehead atoms. The number of methoxy groups -OCH3 is 1. The van der Waals surface area contributed by atoms with E-state index in [1.807, 2.05) is 0 Å². The zero-order valence-electron chi connectivity index (χ0n) is 33.1. The Labute approximate surface area is 353 Å². The lowest BCUT2D eigenvalue weighted by atomic mass is 9.71. The van der Waals surface area contributed by atoms with Crippen LogP contribution in [-0.4, -0.2) is 100 Å². The monoisotopic (exact) mass is 867 g/mol. The van der Waals surface area contributed by atoms with Gasteiger partial charge >= 0.3 is 0 Å². The molecule has 9 N–H and O–H groups in total. The number of carbonyl (C=O) groups excluding carboxylic acids is 2. The van der Waals surface area contributed by atoms with Crippen LogP contribution in [-0.2, 0) is 25.9 Å². The fourth-order valence-corrected chi connectivity index (χ4v) is 9.09. The van der Waals surface area contributed by atoms with Crippen LogP contribution in [0.15, 0.2) is 99.1 Å². The first kappa shape index (κ1) is 42.4. The largest absolute Gasteiger partial charge is 0.508 e. The number of hydrogen-bond donors (Lipinski definition) is 8. The van der Waals surface area contributed by atoms with Crippen LogP contribution in [0.4, 0.5) is 11.4 Å². The van der Waals surface area contributed by atoms with Gasteiger partial charge in [-0.2, -0.15) is 23.5 Å². The van der Waals surface area contributed by atoms with Gasteiger partial charge in [-0.1, -0.05) is 36.4 Å². The Balaban J connectivity index is 1.20. The molecular weight excluding hydrogens is 827 g/mol. The molecule has 5 aromatic carbocycles. The zero-order chi connectivity index (χ0) is 44.2. The minimum atomic E-state index is -4.62. The third kappa shape index (κ3) is 7.42. The maximum atomic E-state index is 14.1. The highest BCUT2D eigenvalue weighted by molar-refractivity contribution is 7.89. The van der Waals surface area contributed by atoms with Crippen molar-refractivity contribution in [3.63, 3.8) is 0 Å². The summed E-state index contributed by atoms with van der Waals surface area (Å²) in [7, 11) is -3.32. The summed E-state index contributed by atoms with van der Waals surface area (Å²) >= 11 is 0. The van der Waals surface area contributed by atoms with Gasteiger partial charge in [-0.05, 0) is 54.8 Å². The molecule has 18 nitrogen and oxygen atoms in total. The van der Waals surface area contributed by atoms with E-state index in [1.165, 1.54) is 55.6 Å². The molecule has 0 aromatic heterocycles. The molecule has 2 aliphatic carbocycles. The number of nitrogens with two attached hydrogens (primary N) is 1. The molecule has 1 heterocycles. The van der Waals surface area contributed by atoms with Gasteiger partial charge < -0.3 is 50.6 Å². The van der Waals surface area contributed by atoms with E-state index >= 15 is 0 Å². The Kier molecular flexibility index (Phi) is 11.1. The molecule has 0 radical (unpaired) electrons. The second kappa shape index (κ2) is 16.2. The predicted molar refractivity (Wildman–Crippen MR) is 221 cm³/mol. The third-order valence-corrected chi connectivity index (χ3v) is 12.5. The van der Waals surface area contributed by atoms with Crippen LogP contribution in [0.5, 0.6) is 23.0 Å². The molecule has 6 atom stereocenters. The average molecular weight is 868 g/mol. The molecule has 1 fully saturated rings. The lowest BCUT2D eigenvalue weighted by Gasteiger charge is -2.43. The molecule has 5 aromatic rings. The van der Waals surface area contributed by atoms with Gasteiger partial charge in [0.05, 0.1) is 70.7 Å². The number of carbonyl (C=O) groups is 2. The Morgan fingerprint density at radius 1 is 0.952 bits per heavy atom. The number of phenols is 3. The molecule has 322 valence electrons. The number of fused-ring (bicyclic) bond motifs is 4. The smallest absolute Gasteiger partial charge is 0.276 e. The first-order valence-electron chi connectivity index (χ1n) is 19.3. The van der Waals surface area contributed by atoms with Gasteiger partial charge in [0, 0.05) is 47.4 Å². The molecule has 0 saturated carbocycles. The highest BCUT2D eigenvalue weighted by atomic mass is 32.2. The van der Waals surface area contributed by atoms with Gasteiger partial charge in [0.2, 0.25) is 5.78 Å². The van der Waals surface area contributed by atoms with E-state index in [4.69, 9.17) is 19.9 Å². The number of hydrazone groups is 1. The van der Waals surface area contributed by atoms with Crippen molar-refractivity contribution in [2.75, 3.05) is 13.7 Å². The summed E-state index contributed by atoms with van der Waals surface area (Å²) in [6.07, 6.45) is -5.90. The molecule has 19 heteroatoms. The number of ketones is 2. The quantitative estimate of drug-likeness (QED) is 0.0418. The van der Waals surface area contributed by atoms with Crippen LogP contribution >= 0.6 is 0 Å². The minimum absolute atomic E-state index is 0.0458. The first-order chi connectivity index (χ1) is 29.5. The Hall–Kier alpha value is -6.32. The number of aromatic hydroxyl groups is 3. The van der Waals surface area contributed by atoms with Crippen molar-refractivity contribution in [1.29, 1.82) is 0 Å². The van der Waals surface area contributed by atoms with Crippen LogP contribution in [0.1, 0.15) is 68.8 Å². The summed E-state index contributed by atoms with van der Waals surface area (Å²) in [5.74, 6) is -3.25. The number of aliphatic hydroxyl groups is 3. The summed E-state index contributed by atoms with van der Waals surface area (Å²) in [5.41, 5.74) is 1.97. The summed E-state index contributed by atoms with van der Waals surface area (Å²) in [5, 5.41) is 80.8. The fraction of sp³-hybridized carbons (Fsp3) is 0.279. The second-order valence-corrected chi connectivity index (χ2v) is 16.9. The Morgan fingerprint density at radius 3 is 2.40 bits per heavy atom. The predicted octanol–water partition coefficient (Wildman–Crippen LogP) is 4.04. The molecule has 1 unspecified atom stereocenters. The number of azo groups is 1. The van der Waals surface area contributed by atoms with Crippen LogP contribution in [0, 0.1) is 0 Å². The van der Waals surface area contributed by atoms with Crippen molar-refractivity contribution < 1.29 is 62.9 Å². The molecule has 1 aliphatic heterocycles. The number of nitrogens with zero attached hydrogens (tertiary/aromatic N) is 3. The number of sulfonamides is 1. The van der Waals surface area contributed by atoms with Crippen molar-refractivity contribution in [3.05, 3.63) is 112 Å². The summed E-state index contributed by atoms with van der Waals surface area (Å²) in [6.45, 7) is 0.502. The van der Waals surface area contributed by atoms with E-state index in [1.54, 1.807) is 37.3 Å². The lowest BCUT2D eigenvalue weighted by Crippen LogP contribution is -2.53. The number of nitrogens with one attached hydrogen (secondary N) is 1. The van der Waals surface area contributed by atoms with Crippen molar-refractivity contribution in [2.45, 2.75) is 67.3 Å². The van der Waals surface area contributed by atoms with E-state index < -0.39 is 106 Å². The first-order valence-corrected chi connectivity index (χ1v) is 20.8. The molecule has 1 saturated heterocycles. The molecule has 8 rings (SSSR count). The molecule has 0 amide bonds.